The molecule has 2 aromatic carbocycles. The fourth-order valence-corrected chi connectivity index (χ4v) is 3.93. The van der Waals surface area contributed by atoms with Gasteiger partial charge in [0.1, 0.15) is 6.04 Å². The molecule has 0 saturated carbocycles. The number of unbranched alkanes of at least 4 members (excludes halogenated alkanes) is 9. The maximum Gasteiger partial charge on any atom is 0.326 e. The number of benzene rings is 2. The van der Waals surface area contributed by atoms with Crippen LogP contribution in [0.15, 0.2) is 42.5 Å². The number of carboxylic acid groups (broad SMARTS) is 1. The van der Waals surface area contributed by atoms with Crippen molar-refractivity contribution in [1.82, 2.24) is 5.32 Å². The third-order valence-corrected chi connectivity index (χ3v) is 5.69. The fourth-order valence-electron chi connectivity index (χ4n) is 3.93. The Morgan fingerprint density at radius 3 is 2.10 bits per heavy atom. The normalized spacial score (nSPS) is 12.0. The van der Waals surface area contributed by atoms with Crippen molar-refractivity contribution < 1.29 is 14.7 Å². The van der Waals surface area contributed by atoms with Crippen molar-refractivity contribution >= 4 is 22.6 Å². The Morgan fingerprint density at radius 2 is 1.43 bits per heavy atom. The number of fused-ring (bicyclic) bond motifs is 1. The summed E-state index contributed by atoms with van der Waals surface area (Å²) >= 11 is 0. The van der Waals surface area contributed by atoms with E-state index in [2.05, 4.69) is 12.2 Å². The number of aliphatic carboxylic acids is 1. The van der Waals surface area contributed by atoms with E-state index < -0.39 is 12.0 Å². The summed E-state index contributed by atoms with van der Waals surface area (Å²) < 4.78 is 0. The van der Waals surface area contributed by atoms with Crippen molar-refractivity contribution in [2.75, 3.05) is 0 Å². The summed E-state index contributed by atoms with van der Waals surface area (Å²) in [6.45, 7) is 2.23. The van der Waals surface area contributed by atoms with Crippen molar-refractivity contribution in [3.05, 3.63) is 48.0 Å². The monoisotopic (exact) mass is 411 g/mol. The van der Waals surface area contributed by atoms with Gasteiger partial charge in [0.15, 0.2) is 0 Å². The van der Waals surface area contributed by atoms with E-state index in [9.17, 15) is 14.7 Å². The van der Waals surface area contributed by atoms with Crippen LogP contribution in [0.4, 0.5) is 0 Å². The molecule has 0 unspecified atom stereocenters. The van der Waals surface area contributed by atoms with Crippen LogP contribution in [0.25, 0.3) is 10.8 Å². The summed E-state index contributed by atoms with van der Waals surface area (Å²) in [5.74, 6) is -1.15. The number of carbonyl (C=O) groups excluding carboxylic acids is 1. The van der Waals surface area contributed by atoms with Gasteiger partial charge >= 0.3 is 5.97 Å². The van der Waals surface area contributed by atoms with Crippen LogP contribution in [0.5, 0.6) is 0 Å². The van der Waals surface area contributed by atoms with E-state index in [-0.39, 0.29) is 5.91 Å². The van der Waals surface area contributed by atoms with E-state index in [0.717, 1.165) is 35.6 Å². The second-order valence-electron chi connectivity index (χ2n) is 8.23. The molecule has 0 heterocycles. The predicted octanol–water partition coefficient (Wildman–Crippen LogP) is 6.26. The standard InChI is InChI=1S/C26H37NO3/c1-2-3-4-5-6-7-8-9-10-11-19-25(28)27-24(26(29)30)20-22-17-14-16-21-15-12-13-18-23(21)22/h12-18,24H,2-11,19-20H2,1H3,(H,27,28)(H,29,30)/t24-/m0/s1. The van der Waals surface area contributed by atoms with Crippen LogP contribution in [-0.2, 0) is 16.0 Å². The van der Waals surface area contributed by atoms with Gasteiger partial charge in [0.25, 0.3) is 0 Å². The minimum absolute atomic E-state index is 0.165. The fraction of sp³-hybridized carbons (Fsp3) is 0.538. The number of hydrogen-bond acceptors (Lipinski definition) is 2. The molecule has 2 N–H and O–H groups in total. The number of amides is 1. The molecule has 4 nitrogen and oxygen atoms in total. The first-order valence-corrected chi connectivity index (χ1v) is 11.6. The Balaban J connectivity index is 1.70. The predicted molar refractivity (Wildman–Crippen MR) is 124 cm³/mol. The molecule has 2 rings (SSSR count). The molecule has 0 fully saturated rings. The highest BCUT2D eigenvalue weighted by Gasteiger charge is 2.21. The molecule has 0 spiro atoms. The lowest BCUT2D eigenvalue weighted by atomic mass is 9.98. The molecule has 0 aliphatic rings. The van der Waals surface area contributed by atoms with Crippen LogP contribution in [-0.4, -0.2) is 23.0 Å². The number of nitrogens with one attached hydrogen (secondary N) is 1. The van der Waals surface area contributed by atoms with Gasteiger partial charge in [-0.1, -0.05) is 107 Å². The van der Waals surface area contributed by atoms with E-state index in [1.54, 1.807) is 0 Å². The number of carboxylic acids is 1. The molecule has 30 heavy (non-hydrogen) atoms. The summed E-state index contributed by atoms with van der Waals surface area (Å²) in [6.07, 6.45) is 12.8. The Hall–Kier alpha value is -2.36. The molecule has 0 aromatic heterocycles. The Labute approximate surface area is 181 Å². The first-order chi connectivity index (χ1) is 14.6. The smallest absolute Gasteiger partial charge is 0.326 e. The molecule has 1 atom stereocenters. The van der Waals surface area contributed by atoms with Crippen molar-refractivity contribution in [3.63, 3.8) is 0 Å². The van der Waals surface area contributed by atoms with Crippen molar-refractivity contribution in [3.8, 4) is 0 Å². The van der Waals surface area contributed by atoms with E-state index in [1.165, 1.54) is 44.9 Å². The van der Waals surface area contributed by atoms with Crippen molar-refractivity contribution in [2.45, 2.75) is 90.0 Å². The summed E-state index contributed by atoms with van der Waals surface area (Å²) in [6, 6.07) is 12.9. The molecular weight excluding hydrogens is 374 g/mol. The highest BCUT2D eigenvalue weighted by atomic mass is 16.4. The first kappa shape index (κ1) is 23.9. The van der Waals surface area contributed by atoms with Crippen LogP contribution in [0, 0.1) is 0 Å². The zero-order valence-electron chi connectivity index (χ0n) is 18.4. The molecule has 0 aliphatic carbocycles. The van der Waals surface area contributed by atoms with Gasteiger partial charge in [-0.2, -0.15) is 0 Å². The highest BCUT2D eigenvalue weighted by Crippen LogP contribution is 2.20. The lowest BCUT2D eigenvalue weighted by molar-refractivity contribution is -0.141. The quantitative estimate of drug-likeness (QED) is 0.340. The van der Waals surface area contributed by atoms with Crippen LogP contribution in [0.3, 0.4) is 0 Å². The molecule has 2 aromatic rings. The third kappa shape index (κ3) is 8.56. The minimum atomic E-state index is -0.987. The van der Waals surface area contributed by atoms with E-state index in [4.69, 9.17) is 0 Å². The topological polar surface area (TPSA) is 66.4 Å². The molecule has 164 valence electrons. The van der Waals surface area contributed by atoms with Crippen molar-refractivity contribution in [1.29, 1.82) is 0 Å². The van der Waals surface area contributed by atoms with E-state index >= 15 is 0 Å². The third-order valence-electron chi connectivity index (χ3n) is 5.69. The Kier molecular flexibility index (Phi) is 11.0. The van der Waals surface area contributed by atoms with Gasteiger partial charge in [0.05, 0.1) is 0 Å². The first-order valence-electron chi connectivity index (χ1n) is 11.6. The SMILES string of the molecule is CCCCCCCCCCCCC(=O)N[C@@H](Cc1cccc2ccccc12)C(=O)O. The molecule has 0 bridgehead atoms. The van der Waals surface area contributed by atoms with Gasteiger partial charge in [0, 0.05) is 12.8 Å². The lowest BCUT2D eigenvalue weighted by Crippen LogP contribution is -2.42. The van der Waals surface area contributed by atoms with Crippen LogP contribution in [0.1, 0.15) is 83.1 Å². The van der Waals surface area contributed by atoms with Crippen LogP contribution in [0.2, 0.25) is 0 Å². The van der Waals surface area contributed by atoms with Crippen LogP contribution >= 0.6 is 0 Å². The summed E-state index contributed by atoms with van der Waals surface area (Å²) in [4.78, 5) is 24.0. The Bertz CT molecular complexity index is 781. The molecule has 0 radical (unpaired) electrons. The summed E-state index contributed by atoms with van der Waals surface area (Å²) in [5.41, 5.74) is 0.944. The average molecular weight is 412 g/mol. The van der Waals surface area contributed by atoms with Gasteiger partial charge in [-0.25, -0.2) is 4.79 Å². The highest BCUT2D eigenvalue weighted by molar-refractivity contribution is 5.88. The van der Waals surface area contributed by atoms with Gasteiger partial charge in [0.2, 0.25) is 5.91 Å². The van der Waals surface area contributed by atoms with Crippen molar-refractivity contribution in [2.24, 2.45) is 0 Å². The second-order valence-corrected chi connectivity index (χ2v) is 8.23. The molecule has 0 saturated heterocycles. The van der Waals surface area contributed by atoms with Gasteiger partial charge in [-0.15, -0.1) is 0 Å². The van der Waals surface area contributed by atoms with Gasteiger partial charge in [-0.05, 0) is 22.8 Å². The van der Waals surface area contributed by atoms with Crippen LogP contribution < -0.4 is 5.32 Å². The van der Waals surface area contributed by atoms with E-state index in [0.29, 0.717) is 12.8 Å². The molecule has 0 aliphatic heterocycles. The lowest BCUT2D eigenvalue weighted by Gasteiger charge is -2.16. The molecule has 4 heteroatoms. The number of rotatable bonds is 15. The van der Waals surface area contributed by atoms with Gasteiger partial charge < -0.3 is 10.4 Å². The molecular formula is C26H37NO3. The summed E-state index contributed by atoms with van der Waals surface area (Å²) in [5, 5.41) is 14.4. The van der Waals surface area contributed by atoms with Gasteiger partial charge in [-0.3, -0.25) is 4.79 Å². The maximum atomic E-state index is 12.3. The maximum absolute atomic E-state index is 12.3. The zero-order chi connectivity index (χ0) is 21.6. The molecule has 1 amide bonds. The number of carbonyl (C=O) groups is 2. The van der Waals surface area contributed by atoms with E-state index in [1.807, 2.05) is 42.5 Å². The average Bonchev–Trinajstić information content (AvgIpc) is 2.74. The summed E-state index contributed by atoms with van der Waals surface area (Å²) in [7, 11) is 0. The minimum Gasteiger partial charge on any atom is -0.480 e. The largest absolute Gasteiger partial charge is 0.480 e. The second kappa shape index (κ2) is 13.8. The zero-order valence-corrected chi connectivity index (χ0v) is 18.4. The number of hydrogen-bond donors (Lipinski definition) is 2. The Morgan fingerprint density at radius 1 is 0.833 bits per heavy atom.